The molecule has 2 saturated heterocycles. The Morgan fingerprint density at radius 2 is 1.70 bits per heavy atom. The number of benzene rings is 2. The topological polar surface area (TPSA) is 108 Å². The minimum atomic E-state index is -0.408. The molecule has 1 atom stereocenters. The molecule has 5 heterocycles. The Hall–Kier alpha value is -5.07. The summed E-state index contributed by atoms with van der Waals surface area (Å²) in [6.07, 6.45) is 7.11. The van der Waals surface area contributed by atoms with Gasteiger partial charge < -0.3 is 14.5 Å². The molecule has 12 heteroatoms. The first kappa shape index (κ1) is 35.9. The van der Waals surface area contributed by atoms with Crippen LogP contribution in [-0.4, -0.2) is 98.8 Å². The van der Waals surface area contributed by atoms with Crippen molar-refractivity contribution in [3.05, 3.63) is 95.3 Å². The molecular weight excluding hydrogens is 677 g/mol. The maximum absolute atomic E-state index is 13.7. The summed E-state index contributed by atoms with van der Waals surface area (Å²) in [6.45, 7) is 14.2. The van der Waals surface area contributed by atoms with Gasteiger partial charge in [-0.3, -0.25) is 14.6 Å². The molecule has 0 saturated carbocycles. The molecule has 5 aromatic rings. The van der Waals surface area contributed by atoms with Gasteiger partial charge in [-0.15, -0.1) is 10.2 Å². The number of fused-ring (bicyclic) bond motifs is 2. The Kier molecular flexibility index (Phi) is 10.2. The number of carbonyl (C=O) groups is 1. The van der Waals surface area contributed by atoms with E-state index in [2.05, 4.69) is 99.4 Å². The molecule has 0 spiro atoms. The summed E-state index contributed by atoms with van der Waals surface area (Å²) in [5.74, 6) is 2.43. The molecule has 0 bridgehead atoms. The Bertz CT molecular complexity index is 2110. The van der Waals surface area contributed by atoms with Crippen LogP contribution < -0.4 is 15.0 Å². The van der Waals surface area contributed by atoms with Crippen molar-refractivity contribution in [1.82, 2.24) is 34.2 Å². The van der Waals surface area contributed by atoms with Crippen LogP contribution in [0.4, 0.5) is 16.6 Å². The monoisotopic (exact) mass is 728 g/mol. The summed E-state index contributed by atoms with van der Waals surface area (Å²) < 4.78 is 10.3. The van der Waals surface area contributed by atoms with Gasteiger partial charge in [-0.05, 0) is 80.1 Å². The molecule has 2 amide bonds. The lowest BCUT2D eigenvalue weighted by atomic mass is 9.82. The van der Waals surface area contributed by atoms with Gasteiger partial charge in [0.15, 0.2) is 5.65 Å². The van der Waals surface area contributed by atoms with Crippen molar-refractivity contribution >= 4 is 29.2 Å². The largest absolute Gasteiger partial charge is 0.491 e. The Morgan fingerprint density at radius 1 is 0.926 bits per heavy atom. The van der Waals surface area contributed by atoms with Gasteiger partial charge in [0.05, 0.1) is 29.9 Å². The van der Waals surface area contributed by atoms with E-state index in [0.717, 1.165) is 97.8 Å². The minimum absolute atomic E-state index is 0.163. The normalized spacial score (nSPS) is 19.3. The molecule has 3 aliphatic rings. The summed E-state index contributed by atoms with van der Waals surface area (Å²) >= 11 is 0. The summed E-state index contributed by atoms with van der Waals surface area (Å²) in [6, 6.07) is 22.2. The molecule has 2 aliphatic heterocycles. The predicted octanol–water partition coefficient (Wildman–Crippen LogP) is 6.93. The van der Waals surface area contributed by atoms with Gasteiger partial charge in [0.1, 0.15) is 11.6 Å². The second-order valence-corrected chi connectivity index (χ2v) is 16.1. The molecular formula is C42H52N10O2. The van der Waals surface area contributed by atoms with Crippen LogP contribution in [0.3, 0.4) is 0 Å². The highest BCUT2D eigenvalue weighted by molar-refractivity contribution is 6.10. The van der Waals surface area contributed by atoms with E-state index in [4.69, 9.17) is 9.84 Å². The van der Waals surface area contributed by atoms with Crippen molar-refractivity contribution in [3.63, 3.8) is 0 Å². The number of piperazine rings is 1. The van der Waals surface area contributed by atoms with E-state index in [1.54, 1.807) is 0 Å². The van der Waals surface area contributed by atoms with Gasteiger partial charge in [0.2, 0.25) is 5.95 Å². The standard InChI is InChI=1S/C42H52N10O2/c1-42(2,3)37-26-39(52(47-37)32-15-12-30(13-16-32)27-49-24-22-48(4)23-25-49)44-40(53)43-36-18-14-31(34-10-6-7-11-35(34)36)29-54-33-17-19-38-45-46-41(51(38)28-33)50-20-8-5-9-21-50/h6-7,10-13,15-17,19,26,28,31H,5,8-9,14,18,20-25,27,29H2,1-4H3,(H,44,53). The fraction of sp³-hybridized carbons (Fsp3) is 0.452. The molecule has 3 aromatic heterocycles. The highest BCUT2D eigenvalue weighted by Gasteiger charge is 2.27. The number of carbonyl (C=O) groups excluding carboxylic acids is 1. The molecule has 1 unspecified atom stereocenters. The third kappa shape index (κ3) is 7.90. The lowest BCUT2D eigenvalue weighted by Crippen LogP contribution is -2.43. The van der Waals surface area contributed by atoms with Crippen LogP contribution in [0.5, 0.6) is 5.75 Å². The lowest BCUT2D eigenvalue weighted by Gasteiger charge is -2.32. The van der Waals surface area contributed by atoms with Crippen molar-refractivity contribution in [2.75, 3.05) is 63.1 Å². The van der Waals surface area contributed by atoms with E-state index in [0.29, 0.717) is 18.8 Å². The summed E-state index contributed by atoms with van der Waals surface area (Å²) in [5, 5.41) is 16.9. The van der Waals surface area contributed by atoms with Crippen LogP contribution in [0.15, 0.2) is 77.9 Å². The summed E-state index contributed by atoms with van der Waals surface area (Å²) in [4.78, 5) is 25.5. The second-order valence-electron chi connectivity index (χ2n) is 16.1. The van der Waals surface area contributed by atoms with Crippen LogP contribution in [0.1, 0.15) is 81.2 Å². The molecule has 12 nitrogen and oxygen atoms in total. The first-order valence-corrected chi connectivity index (χ1v) is 19.5. The van der Waals surface area contributed by atoms with E-state index in [1.165, 1.54) is 24.8 Å². The van der Waals surface area contributed by atoms with Crippen molar-refractivity contribution in [2.24, 2.45) is 4.99 Å². The van der Waals surface area contributed by atoms with E-state index < -0.39 is 6.03 Å². The van der Waals surface area contributed by atoms with Gasteiger partial charge in [0, 0.05) is 63.2 Å². The van der Waals surface area contributed by atoms with E-state index >= 15 is 0 Å². The summed E-state index contributed by atoms with van der Waals surface area (Å²) in [5.41, 5.74) is 6.59. The molecule has 1 N–H and O–H groups in total. The van der Waals surface area contributed by atoms with E-state index in [-0.39, 0.29) is 11.3 Å². The average molecular weight is 729 g/mol. The zero-order valence-electron chi connectivity index (χ0n) is 32.0. The van der Waals surface area contributed by atoms with Crippen molar-refractivity contribution in [3.8, 4) is 11.4 Å². The zero-order chi connectivity index (χ0) is 37.2. The number of pyridine rings is 1. The number of hydrogen-bond acceptors (Lipinski definition) is 8. The SMILES string of the molecule is CN1CCN(Cc2ccc(-n3nc(C(C)(C)C)cc3NC(=O)N=C3CCC(COc4ccc5nnc(N6CCCCC6)n5c4)c4ccccc43)cc2)CC1. The molecule has 2 fully saturated rings. The van der Waals surface area contributed by atoms with E-state index in [9.17, 15) is 4.79 Å². The van der Waals surface area contributed by atoms with Crippen molar-refractivity contribution in [2.45, 2.75) is 70.8 Å². The quantitative estimate of drug-likeness (QED) is 0.183. The number of rotatable bonds is 8. The molecule has 282 valence electrons. The number of piperidine rings is 1. The van der Waals surface area contributed by atoms with Gasteiger partial charge in [-0.2, -0.15) is 10.1 Å². The molecule has 8 rings (SSSR count). The Labute approximate surface area is 317 Å². The highest BCUT2D eigenvalue weighted by Crippen LogP contribution is 2.33. The number of aliphatic imine (C=N–C) groups is 1. The van der Waals surface area contributed by atoms with Gasteiger partial charge >= 0.3 is 6.03 Å². The number of urea groups is 1. The van der Waals surface area contributed by atoms with Gasteiger partial charge in [0.25, 0.3) is 0 Å². The number of hydrogen-bond donors (Lipinski definition) is 1. The molecule has 0 radical (unpaired) electrons. The van der Waals surface area contributed by atoms with Crippen LogP contribution in [-0.2, 0) is 12.0 Å². The molecule has 54 heavy (non-hydrogen) atoms. The number of amides is 2. The molecule has 1 aliphatic carbocycles. The minimum Gasteiger partial charge on any atom is -0.491 e. The fourth-order valence-corrected chi connectivity index (χ4v) is 7.76. The third-order valence-electron chi connectivity index (χ3n) is 11.0. The number of likely N-dealkylation sites (N-methyl/N-ethyl adjacent to an activating group) is 1. The zero-order valence-corrected chi connectivity index (χ0v) is 32.0. The van der Waals surface area contributed by atoms with Crippen LogP contribution in [0.2, 0.25) is 0 Å². The maximum Gasteiger partial charge on any atom is 0.346 e. The second kappa shape index (κ2) is 15.3. The summed E-state index contributed by atoms with van der Waals surface area (Å²) in [7, 11) is 2.18. The number of anilines is 2. The predicted molar refractivity (Wildman–Crippen MR) is 214 cm³/mol. The van der Waals surface area contributed by atoms with Gasteiger partial charge in [-0.1, -0.05) is 57.2 Å². The Balaban J connectivity index is 0.965. The van der Waals surface area contributed by atoms with Crippen molar-refractivity contribution in [1.29, 1.82) is 0 Å². The van der Waals surface area contributed by atoms with Crippen molar-refractivity contribution < 1.29 is 9.53 Å². The average Bonchev–Trinajstić information content (AvgIpc) is 3.81. The van der Waals surface area contributed by atoms with E-state index in [1.807, 2.05) is 45.6 Å². The first-order valence-electron chi connectivity index (χ1n) is 19.5. The van der Waals surface area contributed by atoms with Gasteiger partial charge in [-0.25, -0.2) is 9.48 Å². The number of nitrogens with zero attached hydrogens (tertiary/aromatic N) is 9. The first-order chi connectivity index (χ1) is 26.2. The lowest BCUT2D eigenvalue weighted by molar-refractivity contribution is 0.148. The number of aromatic nitrogens is 5. The number of nitrogens with one attached hydrogen (secondary N) is 1. The highest BCUT2D eigenvalue weighted by atomic mass is 16.5. The smallest absolute Gasteiger partial charge is 0.346 e. The molecule has 2 aromatic carbocycles. The van der Waals surface area contributed by atoms with Crippen LogP contribution in [0, 0.1) is 0 Å². The Morgan fingerprint density at radius 3 is 2.48 bits per heavy atom. The fourth-order valence-electron chi connectivity index (χ4n) is 7.76. The van der Waals surface area contributed by atoms with Crippen LogP contribution in [0.25, 0.3) is 11.3 Å². The van der Waals surface area contributed by atoms with Crippen LogP contribution >= 0.6 is 0 Å². The maximum atomic E-state index is 13.7. The third-order valence-corrected chi connectivity index (χ3v) is 11.0. The number of ether oxygens (including phenoxy) is 1.